The minimum absolute atomic E-state index is 0.127. The molecule has 0 saturated carbocycles. The van der Waals surface area contributed by atoms with E-state index in [0.29, 0.717) is 23.7 Å². The standard InChI is InChI=1S/C18H25N3O4/c1-12(21-4-6-25-7-5-21)11-19-18(22)16-10-14-15(20-16)8-13(23-2)9-17(14)24-3/h8-10,12,20H,4-7,11H2,1-3H3,(H,19,22)/t12-/m1/s1. The first kappa shape index (κ1) is 17.6. The molecule has 25 heavy (non-hydrogen) atoms. The topological polar surface area (TPSA) is 75.8 Å². The van der Waals surface area contributed by atoms with Crippen LogP contribution in [0.5, 0.6) is 11.5 Å². The molecule has 7 heteroatoms. The molecule has 2 N–H and O–H groups in total. The van der Waals surface area contributed by atoms with Gasteiger partial charge in [-0.3, -0.25) is 9.69 Å². The van der Waals surface area contributed by atoms with E-state index in [1.807, 2.05) is 12.1 Å². The lowest BCUT2D eigenvalue weighted by Crippen LogP contribution is -2.47. The second-order valence-electron chi connectivity index (χ2n) is 6.18. The molecule has 0 spiro atoms. The van der Waals surface area contributed by atoms with Gasteiger partial charge in [0.2, 0.25) is 0 Å². The number of hydrogen-bond donors (Lipinski definition) is 2. The van der Waals surface area contributed by atoms with Crippen molar-refractivity contribution >= 4 is 16.8 Å². The number of benzene rings is 1. The number of amides is 1. The Morgan fingerprint density at radius 3 is 2.72 bits per heavy atom. The van der Waals surface area contributed by atoms with Crippen molar-refractivity contribution in [3.63, 3.8) is 0 Å². The van der Waals surface area contributed by atoms with Gasteiger partial charge in [0, 0.05) is 43.2 Å². The normalized spacial score (nSPS) is 16.6. The number of H-pyrrole nitrogens is 1. The summed E-state index contributed by atoms with van der Waals surface area (Å²) >= 11 is 0. The van der Waals surface area contributed by atoms with Crippen LogP contribution in [0, 0.1) is 0 Å². The first-order valence-electron chi connectivity index (χ1n) is 8.47. The lowest BCUT2D eigenvalue weighted by Gasteiger charge is -2.32. The maximum absolute atomic E-state index is 12.5. The number of morpholine rings is 1. The Hall–Kier alpha value is -2.25. The molecule has 0 unspecified atom stereocenters. The van der Waals surface area contributed by atoms with E-state index in [-0.39, 0.29) is 11.9 Å². The van der Waals surface area contributed by atoms with Crippen LogP contribution in [0.4, 0.5) is 0 Å². The van der Waals surface area contributed by atoms with E-state index in [9.17, 15) is 4.79 Å². The smallest absolute Gasteiger partial charge is 0.267 e. The molecule has 1 saturated heterocycles. The molecule has 1 fully saturated rings. The van der Waals surface area contributed by atoms with Crippen LogP contribution in [0.2, 0.25) is 0 Å². The minimum atomic E-state index is -0.127. The van der Waals surface area contributed by atoms with Crippen LogP contribution in [0.15, 0.2) is 18.2 Å². The quantitative estimate of drug-likeness (QED) is 0.831. The van der Waals surface area contributed by atoms with E-state index in [1.165, 1.54) is 0 Å². The van der Waals surface area contributed by atoms with E-state index in [1.54, 1.807) is 20.3 Å². The van der Waals surface area contributed by atoms with Gasteiger partial charge in [0.15, 0.2) is 0 Å². The summed E-state index contributed by atoms with van der Waals surface area (Å²) in [4.78, 5) is 18.0. The van der Waals surface area contributed by atoms with Gasteiger partial charge in [-0.15, -0.1) is 0 Å². The van der Waals surface area contributed by atoms with E-state index in [4.69, 9.17) is 14.2 Å². The maximum Gasteiger partial charge on any atom is 0.267 e. The van der Waals surface area contributed by atoms with E-state index in [2.05, 4.69) is 22.1 Å². The number of carbonyl (C=O) groups is 1. The molecule has 1 aromatic carbocycles. The SMILES string of the molecule is COc1cc(OC)c2cc(C(=O)NC[C@@H](C)N3CCOCC3)[nH]c2c1. The van der Waals surface area contributed by atoms with Gasteiger partial charge < -0.3 is 24.5 Å². The monoisotopic (exact) mass is 347 g/mol. The molecule has 2 aromatic rings. The Morgan fingerprint density at radius 2 is 2.04 bits per heavy atom. The highest BCUT2D eigenvalue weighted by atomic mass is 16.5. The third-order valence-corrected chi connectivity index (χ3v) is 4.60. The van der Waals surface area contributed by atoms with Crippen LogP contribution in [-0.2, 0) is 4.74 Å². The number of aromatic amines is 1. The Labute approximate surface area is 147 Å². The maximum atomic E-state index is 12.5. The number of carbonyl (C=O) groups excluding carboxylic acids is 1. The van der Waals surface area contributed by atoms with Crippen molar-refractivity contribution in [2.45, 2.75) is 13.0 Å². The van der Waals surface area contributed by atoms with Gasteiger partial charge in [0.25, 0.3) is 5.91 Å². The number of methoxy groups -OCH3 is 2. The van der Waals surface area contributed by atoms with Crippen molar-refractivity contribution in [1.82, 2.24) is 15.2 Å². The molecule has 1 aliphatic rings. The van der Waals surface area contributed by atoms with Crippen LogP contribution in [-0.4, -0.2) is 68.9 Å². The summed E-state index contributed by atoms with van der Waals surface area (Å²) in [5.74, 6) is 1.22. The summed E-state index contributed by atoms with van der Waals surface area (Å²) in [7, 11) is 3.20. The highest BCUT2D eigenvalue weighted by Gasteiger charge is 2.19. The fourth-order valence-corrected chi connectivity index (χ4v) is 3.07. The number of fused-ring (bicyclic) bond motifs is 1. The van der Waals surface area contributed by atoms with Crippen molar-refractivity contribution in [3.05, 3.63) is 23.9 Å². The summed E-state index contributed by atoms with van der Waals surface area (Å²) in [6.45, 7) is 6.02. The highest BCUT2D eigenvalue weighted by Crippen LogP contribution is 2.31. The molecule has 1 atom stereocenters. The second-order valence-corrected chi connectivity index (χ2v) is 6.18. The second kappa shape index (κ2) is 7.76. The van der Waals surface area contributed by atoms with Gasteiger partial charge in [0.05, 0.1) is 33.0 Å². The first-order chi connectivity index (χ1) is 12.1. The van der Waals surface area contributed by atoms with Crippen LogP contribution < -0.4 is 14.8 Å². The van der Waals surface area contributed by atoms with Crippen molar-refractivity contribution in [2.24, 2.45) is 0 Å². The van der Waals surface area contributed by atoms with E-state index in [0.717, 1.165) is 37.2 Å². The Bertz CT molecular complexity index is 737. The molecular formula is C18H25N3O4. The number of rotatable bonds is 6. The summed E-state index contributed by atoms with van der Waals surface area (Å²) in [5, 5.41) is 3.85. The van der Waals surface area contributed by atoms with E-state index < -0.39 is 0 Å². The molecule has 1 aliphatic heterocycles. The third-order valence-electron chi connectivity index (χ3n) is 4.60. The van der Waals surface area contributed by atoms with Gasteiger partial charge in [-0.25, -0.2) is 0 Å². The summed E-state index contributed by atoms with van der Waals surface area (Å²) in [6.07, 6.45) is 0. The van der Waals surface area contributed by atoms with Crippen molar-refractivity contribution < 1.29 is 19.0 Å². The van der Waals surface area contributed by atoms with Gasteiger partial charge in [-0.2, -0.15) is 0 Å². The molecule has 7 nitrogen and oxygen atoms in total. The summed E-state index contributed by atoms with van der Waals surface area (Å²) in [5.41, 5.74) is 1.32. The minimum Gasteiger partial charge on any atom is -0.497 e. The number of nitrogens with zero attached hydrogens (tertiary/aromatic N) is 1. The fraction of sp³-hybridized carbons (Fsp3) is 0.500. The molecule has 0 bridgehead atoms. The zero-order chi connectivity index (χ0) is 17.8. The zero-order valence-electron chi connectivity index (χ0n) is 14.9. The molecule has 136 valence electrons. The summed E-state index contributed by atoms with van der Waals surface area (Å²) in [6, 6.07) is 5.73. The average Bonchev–Trinajstić information content (AvgIpc) is 3.09. The van der Waals surface area contributed by atoms with Gasteiger partial charge >= 0.3 is 0 Å². The molecule has 1 aromatic heterocycles. The number of hydrogen-bond acceptors (Lipinski definition) is 5. The van der Waals surface area contributed by atoms with Crippen molar-refractivity contribution in [2.75, 3.05) is 47.1 Å². The molecule has 2 heterocycles. The molecule has 0 radical (unpaired) electrons. The molecular weight excluding hydrogens is 322 g/mol. The Morgan fingerprint density at radius 1 is 1.28 bits per heavy atom. The molecule has 3 rings (SSSR count). The van der Waals surface area contributed by atoms with Gasteiger partial charge in [-0.05, 0) is 13.0 Å². The number of aromatic nitrogens is 1. The molecule has 0 aliphatic carbocycles. The first-order valence-corrected chi connectivity index (χ1v) is 8.47. The van der Waals surface area contributed by atoms with E-state index >= 15 is 0 Å². The highest BCUT2D eigenvalue weighted by molar-refractivity contribution is 6.00. The van der Waals surface area contributed by atoms with Gasteiger partial charge in [0.1, 0.15) is 17.2 Å². The van der Waals surface area contributed by atoms with Crippen molar-refractivity contribution in [1.29, 1.82) is 0 Å². The fourth-order valence-electron chi connectivity index (χ4n) is 3.07. The Balaban J connectivity index is 1.69. The lowest BCUT2D eigenvalue weighted by molar-refractivity contribution is 0.0204. The number of nitrogens with one attached hydrogen (secondary N) is 2. The average molecular weight is 347 g/mol. The largest absolute Gasteiger partial charge is 0.497 e. The number of ether oxygens (including phenoxy) is 3. The Kier molecular flexibility index (Phi) is 5.45. The predicted molar refractivity (Wildman–Crippen MR) is 95.6 cm³/mol. The third kappa shape index (κ3) is 3.88. The van der Waals surface area contributed by atoms with Crippen LogP contribution >= 0.6 is 0 Å². The molecule has 1 amide bonds. The lowest BCUT2D eigenvalue weighted by atomic mass is 10.2. The van der Waals surface area contributed by atoms with Gasteiger partial charge in [-0.1, -0.05) is 0 Å². The van der Waals surface area contributed by atoms with Crippen LogP contribution in [0.25, 0.3) is 10.9 Å². The zero-order valence-corrected chi connectivity index (χ0v) is 14.9. The van der Waals surface area contributed by atoms with Crippen LogP contribution in [0.3, 0.4) is 0 Å². The van der Waals surface area contributed by atoms with Crippen LogP contribution in [0.1, 0.15) is 17.4 Å². The van der Waals surface area contributed by atoms with Crippen molar-refractivity contribution in [3.8, 4) is 11.5 Å². The summed E-state index contributed by atoms with van der Waals surface area (Å²) < 4.78 is 16.0. The predicted octanol–water partition coefficient (Wildman–Crippen LogP) is 1.64.